The highest BCUT2D eigenvalue weighted by molar-refractivity contribution is 5.94. The van der Waals surface area contributed by atoms with Gasteiger partial charge in [-0.2, -0.15) is 0 Å². The molecule has 1 unspecified atom stereocenters. The molecule has 0 spiro atoms. The molecule has 1 aromatic carbocycles. The fourth-order valence-electron chi connectivity index (χ4n) is 2.33. The monoisotopic (exact) mass is 294 g/mol. The predicted octanol–water partition coefficient (Wildman–Crippen LogP) is 2.43. The number of carbonyl (C=O) groups is 1. The summed E-state index contributed by atoms with van der Waals surface area (Å²) in [5.74, 6) is -0.0319. The molecular weight excluding hydrogens is 272 g/mol. The molecule has 2 N–H and O–H groups in total. The van der Waals surface area contributed by atoms with Gasteiger partial charge in [-0.15, -0.1) is 0 Å². The normalized spacial score (nSPS) is 13.8. The summed E-state index contributed by atoms with van der Waals surface area (Å²) in [4.78, 5) is 22.3. The first-order valence-electron chi connectivity index (χ1n) is 6.88. The standard InChI is InChI=1S/C15H22N2O4/c1-10(2)8-15(4,19)9-16-14(18)12-5-6-13(17(20)21)11(3)7-12/h5-7,10,19H,8-9H2,1-4H3,(H,16,18). The third-order valence-corrected chi connectivity index (χ3v) is 3.13. The second-order valence-corrected chi connectivity index (χ2v) is 6.04. The number of nitrogens with zero attached hydrogens (tertiary/aromatic N) is 1. The molecule has 116 valence electrons. The molecule has 0 bridgehead atoms. The minimum atomic E-state index is -0.973. The van der Waals surface area contributed by atoms with Crippen LogP contribution in [-0.4, -0.2) is 28.1 Å². The van der Waals surface area contributed by atoms with Crippen molar-refractivity contribution in [3.63, 3.8) is 0 Å². The van der Waals surface area contributed by atoms with Gasteiger partial charge in [0, 0.05) is 23.7 Å². The Morgan fingerprint density at radius 1 is 1.48 bits per heavy atom. The number of hydrogen-bond donors (Lipinski definition) is 2. The summed E-state index contributed by atoms with van der Waals surface area (Å²) in [6, 6.07) is 4.21. The van der Waals surface area contributed by atoms with Crippen LogP contribution >= 0.6 is 0 Å². The zero-order valence-corrected chi connectivity index (χ0v) is 12.8. The summed E-state index contributed by atoms with van der Waals surface area (Å²) in [6.45, 7) is 7.39. The molecule has 6 nitrogen and oxygen atoms in total. The fraction of sp³-hybridized carbons (Fsp3) is 0.533. The Morgan fingerprint density at radius 2 is 2.10 bits per heavy atom. The number of hydrogen-bond acceptors (Lipinski definition) is 4. The van der Waals surface area contributed by atoms with Gasteiger partial charge in [0.15, 0.2) is 0 Å². The zero-order valence-electron chi connectivity index (χ0n) is 12.8. The molecule has 0 fully saturated rings. The molecule has 0 aliphatic rings. The summed E-state index contributed by atoms with van der Waals surface area (Å²) in [5, 5.41) is 23.5. The van der Waals surface area contributed by atoms with Crippen LogP contribution in [0, 0.1) is 23.0 Å². The molecule has 1 aromatic rings. The van der Waals surface area contributed by atoms with Gasteiger partial charge >= 0.3 is 0 Å². The van der Waals surface area contributed by atoms with Crippen molar-refractivity contribution in [2.75, 3.05) is 6.54 Å². The van der Waals surface area contributed by atoms with E-state index in [-0.39, 0.29) is 18.1 Å². The van der Waals surface area contributed by atoms with Crippen LogP contribution in [0.3, 0.4) is 0 Å². The predicted molar refractivity (Wildman–Crippen MR) is 80.2 cm³/mol. The van der Waals surface area contributed by atoms with E-state index in [4.69, 9.17) is 0 Å². The molecule has 21 heavy (non-hydrogen) atoms. The van der Waals surface area contributed by atoms with Crippen molar-refractivity contribution in [2.45, 2.75) is 39.7 Å². The Morgan fingerprint density at radius 3 is 2.57 bits per heavy atom. The number of nitro benzene ring substituents is 1. The number of rotatable bonds is 6. The van der Waals surface area contributed by atoms with Gasteiger partial charge in [-0.1, -0.05) is 13.8 Å². The zero-order chi connectivity index (χ0) is 16.2. The Hall–Kier alpha value is -1.95. The molecule has 0 heterocycles. The van der Waals surface area contributed by atoms with Crippen molar-refractivity contribution in [3.8, 4) is 0 Å². The first kappa shape index (κ1) is 17.1. The van der Waals surface area contributed by atoms with E-state index in [1.165, 1.54) is 18.2 Å². The van der Waals surface area contributed by atoms with Gasteiger partial charge in [0.25, 0.3) is 11.6 Å². The van der Waals surface area contributed by atoms with Crippen LogP contribution in [0.25, 0.3) is 0 Å². The lowest BCUT2D eigenvalue weighted by atomic mass is 9.94. The van der Waals surface area contributed by atoms with Gasteiger partial charge in [0.2, 0.25) is 0 Å². The van der Waals surface area contributed by atoms with Crippen molar-refractivity contribution in [1.82, 2.24) is 5.32 Å². The topological polar surface area (TPSA) is 92.5 Å². The smallest absolute Gasteiger partial charge is 0.272 e. The van der Waals surface area contributed by atoms with E-state index in [1.807, 2.05) is 13.8 Å². The number of benzene rings is 1. The Bertz CT molecular complexity index is 538. The van der Waals surface area contributed by atoms with Crippen LogP contribution in [0.4, 0.5) is 5.69 Å². The molecule has 6 heteroatoms. The highest BCUT2D eigenvalue weighted by Crippen LogP contribution is 2.19. The molecule has 1 atom stereocenters. The number of aliphatic hydroxyl groups is 1. The quantitative estimate of drug-likeness (QED) is 0.622. The largest absolute Gasteiger partial charge is 0.388 e. The first-order valence-corrected chi connectivity index (χ1v) is 6.88. The minimum Gasteiger partial charge on any atom is -0.388 e. The molecule has 1 rings (SSSR count). The number of amides is 1. The lowest BCUT2D eigenvalue weighted by molar-refractivity contribution is -0.385. The SMILES string of the molecule is Cc1cc(C(=O)NCC(C)(O)CC(C)C)ccc1[N+](=O)[O-]. The van der Waals surface area contributed by atoms with E-state index in [0.717, 1.165) is 0 Å². The van der Waals surface area contributed by atoms with E-state index in [0.29, 0.717) is 23.5 Å². The molecule has 0 aliphatic carbocycles. The van der Waals surface area contributed by atoms with Crippen molar-refractivity contribution >= 4 is 11.6 Å². The van der Waals surface area contributed by atoms with Gasteiger partial charge in [-0.25, -0.2) is 0 Å². The van der Waals surface area contributed by atoms with Gasteiger partial charge in [-0.3, -0.25) is 14.9 Å². The number of carbonyl (C=O) groups excluding carboxylic acids is 1. The molecule has 0 aromatic heterocycles. The molecule has 0 radical (unpaired) electrons. The molecule has 0 aliphatic heterocycles. The fourth-order valence-corrected chi connectivity index (χ4v) is 2.33. The molecule has 0 saturated carbocycles. The summed E-state index contributed by atoms with van der Waals surface area (Å²) in [6.07, 6.45) is 0.576. The number of nitro groups is 1. The number of aryl methyl sites for hydroxylation is 1. The highest BCUT2D eigenvalue weighted by Gasteiger charge is 2.23. The Labute approximate surface area is 124 Å². The van der Waals surface area contributed by atoms with Gasteiger partial charge < -0.3 is 10.4 Å². The van der Waals surface area contributed by atoms with E-state index in [9.17, 15) is 20.0 Å². The van der Waals surface area contributed by atoms with Crippen molar-refractivity contribution in [3.05, 3.63) is 39.4 Å². The maximum Gasteiger partial charge on any atom is 0.272 e. The lowest BCUT2D eigenvalue weighted by Gasteiger charge is -2.25. The van der Waals surface area contributed by atoms with Crippen LogP contribution in [0.5, 0.6) is 0 Å². The molecule has 1 amide bonds. The van der Waals surface area contributed by atoms with Crippen LogP contribution in [0.15, 0.2) is 18.2 Å². The average Bonchev–Trinajstić information content (AvgIpc) is 2.33. The molecular formula is C15H22N2O4. The van der Waals surface area contributed by atoms with Gasteiger partial charge in [0.05, 0.1) is 10.5 Å². The van der Waals surface area contributed by atoms with Crippen molar-refractivity contribution in [1.29, 1.82) is 0 Å². The van der Waals surface area contributed by atoms with Crippen LogP contribution in [0.1, 0.15) is 43.1 Å². The van der Waals surface area contributed by atoms with Crippen molar-refractivity contribution in [2.24, 2.45) is 5.92 Å². The highest BCUT2D eigenvalue weighted by atomic mass is 16.6. The lowest BCUT2D eigenvalue weighted by Crippen LogP contribution is -2.41. The third kappa shape index (κ3) is 5.15. The van der Waals surface area contributed by atoms with Crippen molar-refractivity contribution < 1.29 is 14.8 Å². The minimum absolute atomic E-state index is 0.0154. The second kappa shape index (κ2) is 6.67. The summed E-state index contributed by atoms with van der Waals surface area (Å²) < 4.78 is 0. The second-order valence-electron chi connectivity index (χ2n) is 6.04. The van der Waals surface area contributed by atoms with E-state index < -0.39 is 10.5 Å². The van der Waals surface area contributed by atoms with E-state index in [1.54, 1.807) is 13.8 Å². The van der Waals surface area contributed by atoms with Crippen LogP contribution < -0.4 is 5.32 Å². The van der Waals surface area contributed by atoms with Gasteiger partial charge in [0.1, 0.15) is 0 Å². The summed E-state index contributed by atoms with van der Waals surface area (Å²) in [7, 11) is 0. The Kier molecular flexibility index (Phi) is 5.43. The first-order chi connectivity index (χ1) is 9.62. The average molecular weight is 294 g/mol. The van der Waals surface area contributed by atoms with Crippen LogP contribution in [-0.2, 0) is 0 Å². The summed E-state index contributed by atoms with van der Waals surface area (Å²) in [5.41, 5.74) is -0.210. The maximum absolute atomic E-state index is 12.0. The van der Waals surface area contributed by atoms with E-state index >= 15 is 0 Å². The Balaban J connectivity index is 2.73. The van der Waals surface area contributed by atoms with Gasteiger partial charge in [-0.05, 0) is 38.3 Å². The van der Waals surface area contributed by atoms with Crippen LogP contribution in [0.2, 0.25) is 0 Å². The third-order valence-electron chi connectivity index (χ3n) is 3.13. The maximum atomic E-state index is 12.0. The molecule has 0 saturated heterocycles. The number of nitrogens with one attached hydrogen (secondary N) is 1. The van der Waals surface area contributed by atoms with E-state index in [2.05, 4.69) is 5.32 Å². The summed E-state index contributed by atoms with van der Waals surface area (Å²) >= 11 is 0.